The zero-order valence-corrected chi connectivity index (χ0v) is 22.7. The smallest absolute Gasteiger partial charge is 0.255 e. The highest BCUT2D eigenvalue weighted by Crippen LogP contribution is 2.34. The number of aliphatic hydroxyl groups is 1. The number of nitrogens with zero attached hydrogens (tertiary/aromatic N) is 6. The van der Waals surface area contributed by atoms with Crippen LogP contribution in [0.4, 0.5) is 5.69 Å². The lowest BCUT2D eigenvalue weighted by molar-refractivity contribution is 0.0760. The molecule has 10 nitrogen and oxygen atoms in total. The number of pyridine rings is 1. The van der Waals surface area contributed by atoms with Crippen molar-refractivity contribution in [1.29, 1.82) is 0 Å². The van der Waals surface area contributed by atoms with Crippen LogP contribution in [-0.4, -0.2) is 82.0 Å². The molecule has 0 bridgehead atoms. The average Bonchev–Trinajstić information content (AvgIpc) is 3.29. The third-order valence-electron chi connectivity index (χ3n) is 7.91. The number of benzene rings is 1. The number of imidazole rings is 1. The highest BCUT2D eigenvalue weighted by molar-refractivity contribution is 5.93. The number of fused-ring (bicyclic) bond motifs is 1. The van der Waals surface area contributed by atoms with Gasteiger partial charge in [0.1, 0.15) is 5.75 Å². The summed E-state index contributed by atoms with van der Waals surface area (Å²) in [6, 6.07) is 11.5. The molecule has 1 N–H and O–H groups in total. The highest BCUT2D eigenvalue weighted by Gasteiger charge is 2.27. The number of rotatable bonds is 6. The fraction of sp³-hybridized carbons (Fsp3) is 0.400. The minimum Gasteiger partial charge on any atom is -0.496 e. The molecule has 1 aromatic carbocycles. The molecular formula is C30H34N6O4. The van der Waals surface area contributed by atoms with Gasteiger partial charge in [0, 0.05) is 55.6 Å². The van der Waals surface area contributed by atoms with Gasteiger partial charge in [0.25, 0.3) is 5.91 Å². The third kappa shape index (κ3) is 5.12. The molecule has 208 valence electrons. The number of carbonyl (C=O) groups is 1. The van der Waals surface area contributed by atoms with Gasteiger partial charge in [-0.15, -0.1) is 0 Å². The summed E-state index contributed by atoms with van der Waals surface area (Å²) in [5, 5.41) is 15.0. The van der Waals surface area contributed by atoms with Crippen LogP contribution in [0, 0.1) is 0 Å². The predicted octanol–water partition coefficient (Wildman–Crippen LogP) is 3.54. The summed E-state index contributed by atoms with van der Waals surface area (Å²) in [4.78, 5) is 26.3. The molecule has 5 heterocycles. The van der Waals surface area contributed by atoms with Gasteiger partial charge in [0.15, 0.2) is 5.65 Å². The van der Waals surface area contributed by atoms with Crippen molar-refractivity contribution < 1.29 is 19.4 Å². The maximum Gasteiger partial charge on any atom is 0.255 e. The van der Waals surface area contributed by atoms with Gasteiger partial charge in [-0.05, 0) is 55.7 Å². The monoisotopic (exact) mass is 542 g/mol. The van der Waals surface area contributed by atoms with Gasteiger partial charge < -0.3 is 24.4 Å². The van der Waals surface area contributed by atoms with E-state index >= 15 is 0 Å². The zero-order chi connectivity index (χ0) is 27.5. The Morgan fingerprint density at radius 1 is 1.10 bits per heavy atom. The number of anilines is 1. The van der Waals surface area contributed by atoms with Gasteiger partial charge in [-0.2, -0.15) is 5.10 Å². The molecule has 0 radical (unpaired) electrons. The Bertz CT molecular complexity index is 1480. The van der Waals surface area contributed by atoms with Crippen LogP contribution in [0.15, 0.2) is 55.0 Å². The highest BCUT2D eigenvalue weighted by atomic mass is 16.5. The number of morpholine rings is 1. The molecule has 0 aliphatic carbocycles. The normalized spacial score (nSPS) is 18.1. The van der Waals surface area contributed by atoms with Gasteiger partial charge in [-0.3, -0.25) is 9.78 Å². The molecule has 2 saturated heterocycles. The first-order valence-electron chi connectivity index (χ1n) is 13.8. The van der Waals surface area contributed by atoms with Gasteiger partial charge >= 0.3 is 0 Å². The number of hydrogen-bond donors (Lipinski definition) is 1. The van der Waals surface area contributed by atoms with E-state index in [9.17, 15) is 9.90 Å². The molecule has 4 aromatic rings. The van der Waals surface area contributed by atoms with E-state index in [4.69, 9.17) is 19.6 Å². The molecule has 2 fully saturated rings. The van der Waals surface area contributed by atoms with Crippen LogP contribution in [0.5, 0.6) is 5.75 Å². The van der Waals surface area contributed by atoms with Crippen molar-refractivity contribution in [3.8, 4) is 17.0 Å². The van der Waals surface area contributed by atoms with Crippen molar-refractivity contribution in [2.24, 2.45) is 0 Å². The van der Waals surface area contributed by atoms with Gasteiger partial charge in [0.05, 0.1) is 55.8 Å². The number of methoxy groups -OCH3 is 1. The first kappa shape index (κ1) is 26.2. The van der Waals surface area contributed by atoms with Gasteiger partial charge in [0.2, 0.25) is 0 Å². The predicted molar refractivity (Wildman–Crippen MR) is 151 cm³/mol. The number of aromatic nitrogens is 4. The molecule has 2 aliphatic heterocycles. The standard InChI is InChI=1S/C30H34N6O4/c1-39-28-7-6-22(16-24(28)20-37)25-17-26(34-12-14-40-15-13-34)29-32-19-27(36(29)33-25)21-5-3-10-35(11-8-21)30(38)23-4-2-9-31-18-23/h2,4,6-7,9,16-19,21,37H,3,5,8,10-15,20H2,1H3. The second kappa shape index (κ2) is 11.6. The van der Waals surface area contributed by atoms with Gasteiger partial charge in [-0.1, -0.05) is 0 Å². The maximum absolute atomic E-state index is 13.1. The summed E-state index contributed by atoms with van der Waals surface area (Å²) >= 11 is 0. The molecule has 1 unspecified atom stereocenters. The Labute approximate surface area is 233 Å². The number of likely N-dealkylation sites (tertiary alicyclic amines) is 1. The summed E-state index contributed by atoms with van der Waals surface area (Å²) in [7, 11) is 1.60. The first-order valence-corrected chi connectivity index (χ1v) is 13.8. The quantitative estimate of drug-likeness (QED) is 0.395. The van der Waals surface area contributed by atoms with Crippen LogP contribution in [0.1, 0.15) is 46.8 Å². The van der Waals surface area contributed by atoms with Crippen LogP contribution < -0.4 is 9.64 Å². The van der Waals surface area contributed by atoms with E-state index < -0.39 is 0 Å². The molecule has 6 rings (SSSR count). The molecule has 10 heteroatoms. The van der Waals surface area contributed by atoms with Crippen LogP contribution in [0.3, 0.4) is 0 Å². The Hall–Kier alpha value is -4.02. The van der Waals surface area contributed by atoms with E-state index in [1.807, 2.05) is 39.9 Å². The third-order valence-corrected chi connectivity index (χ3v) is 7.91. The lowest BCUT2D eigenvalue weighted by atomic mass is 9.97. The van der Waals surface area contributed by atoms with Crippen LogP contribution >= 0.6 is 0 Å². The van der Waals surface area contributed by atoms with Crippen molar-refractivity contribution in [2.75, 3.05) is 51.4 Å². The topological polar surface area (TPSA) is 105 Å². The van der Waals surface area contributed by atoms with E-state index in [-0.39, 0.29) is 18.4 Å². The zero-order valence-electron chi connectivity index (χ0n) is 22.7. The van der Waals surface area contributed by atoms with E-state index in [0.717, 1.165) is 60.6 Å². The lowest BCUT2D eigenvalue weighted by Gasteiger charge is -2.29. The molecule has 2 aliphatic rings. The Balaban J connectivity index is 1.36. The number of carbonyl (C=O) groups excluding carboxylic acids is 1. The first-order chi connectivity index (χ1) is 19.7. The van der Waals surface area contributed by atoms with Crippen molar-refractivity contribution in [2.45, 2.75) is 31.8 Å². The summed E-state index contributed by atoms with van der Waals surface area (Å²) in [5.74, 6) is 0.889. The summed E-state index contributed by atoms with van der Waals surface area (Å²) in [5.41, 5.74) is 5.93. The lowest BCUT2D eigenvalue weighted by Crippen LogP contribution is -2.36. The van der Waals surface area contributed by atoms with E-state index in [0.29, 0.717) is 43.2 Å². The molecule has 40 heavy (non-hydrogen) atoms. The molecule has 0 saturated carbocycles. The Morgan fingerprint density at radius 3 is 2.75 bits per heavy atom. The van der Waals surface area contributed by atoms with Crippen molar-refractivity contribution in [3.05, 3.63) is 71.8 Å². The maximum atomic E-state index is 13.1. The van der Waals surface area contributed by atoms with E-state index in [1.54, 1.807) is 25.6 Å². The summed E-state index contributed by atoms with van der Waals surface area (Å²) < 4.78 is 13.0. The molecule has 0 spiro atoms. The number of aliphatic hydroxyl groups excluding tert-OH is 1. The van der Waals surface area contributed by atoms with Crippen LogP contribution in [-0.2, 0) is 11.3 Å². The summed E-state index contributed by atoms with van der Waals surface area (Å²) in [6.45, 7) is 4.15. The van der Waals surface area contributed by atoms with Crippen molar-refractivity contribution in [3.63, 3.8) is 0 Å². The van der Waals surface area contributed by atoms with Crippen LogP contribution in [0.2, 0.25) is 0 Å². The summed E-state index contributed by atoms with van der Waals surface area (Å²) in [6.07, 6.45) is 7.94. The largest absolute Gasteiger partial charge is 0.496 e. The number of hydrogen-bond acceptors (Lipinski definition) is 8. The van der Waals surface area contributed by atoms with E-state index in [2.05, 4.69) is 16.0 Å². The fourth-order valence-electron chi connectivity index (χ4n) is 5.75. The Kier molecular flexibility index (Phi) is 7.61. The van der Waals surface area contributed by atoms with Crippen molar-refractivity contribution >= 4 is 17.2 Å². The van der Waals surface area contributed by atoms with Crippen molar-refractivity contribution in [1.82, 2.24) is 24.5 Å². The minimum atomic E-state index is -0.123. The molecule has 3 aromatic heterocycles. The number of ether oxygens (including phenoxy) is 2. The van der Waals surface area contributed by atoms with Crippen LogP contribution in [0.25, 0.3) is 16.9 Å². The van der Waals surface area contributed by atoms with E-state index in [1.165, 1.54) is 0 Å². The second-order valence-corrected chi connectivity index (χ2v) is 10.3. The molecule has 1 atom stereocenters. The average molecular weight is 543 g/mol. The minimum absolute atomic E-state index is 0.0288. The fourth-order valence-corrected chi connectivity index (χ4v) is 5.75. The van der Waals surface area contributed by atoms with Gasteiger partial charge in [-0.25, -0.2) is 9.50 Å². The number of amides is 1. The second-order valence-electron chi connectivity index (χ2n) is 10.3. The SMILES string of the molecule is COc1ccc(-c2cc(N3CCOCC3)c3ncc(C4CCCN(C(=O)c5cccnc5)CC4)n3n2)cc1CO. The molecule has 1 amide bonds. The molecular weight excluding hydrogens is 508 g/mol. The Morgan fingerprint density at radius 2 is 1.98 bits per heavy atom.